The molecule has 1 aliphatic rings. The predicted octanol–water partition coefficient (Wildman–Crippen LogP) is 6.38. The molecular formula is C38H56Cl3N5O7Si. The van der Waals surface area contributed by atoms with Gasteiger partial charge in [0.15, 0.2) is 8.32 Å². The van der Waals surface area contributed by atoms with Crippen LogP contribution in [-0.2, 0) is 28.3 Å². The number of aromatic nitrogens is 1. The maximum absolute atomic E-state index is 14.2. The van der Waals surface area contributed by atoms with Gasteiger partial charge in [0.1, 0.15) is 24.7 Å². The lowest BCUT2D eigenvalue weighted by molar-refractivity contribution is -0.152. The highest BCUT2D eigenvalue weighted by molar-refractivity contribution is 6.74. The van der Waals surface area contributed by atoms with Crippen molar-refractivity contribution in [2.45, 2.75) is 120 Å². The molecule has 54 heavy (non-hydrogen) atoms. The van der Waals surface area contributed by atoms with Crippen LogP contribution in [0.25, 0.3) is 17.0 Å². The van der Waals surface area contributed by atoms with Crippen molar-refractivity contribution >= 4 is 83.8 Å². The molecule has 2 aromatic rings. The van der Waals surface area contributed by atoms with Crippen LogP contribution in [0, 0.1) is 11.8 Å². The molecule has 0 aliphatic carbocycles. The van der Waals surface area contributed by atoms with Gasteiger partial charge in [-0.3, -0.25) is 29.2 Å². The number of esters is 1. The Morgan fingerprint density at radius 1 is 1.04 bits per heavy atom. The number of carbonyl (C=O) groups excluding carboxylic acids is 4. The molecule has 3 rings (SSSR count). The molecule has 0 spiro atoms. The van der Waals surface area contributed by atoms with E-state index in [-0.39, 0.29) is 11.0 Å². The van der Waals surface area contributed by atoms with Gasteiger partial charge in [0.2, 0.25) is 15.6 Å². The summed E-state index contributed by atoms with van der Waals surface area (Å²) in [7, 11) is -2.32. The number of benzene rings is 1. The summed E-state index contributed by atoms with van der Waals surface area (Å²) in [5, 5.41) is 17.8. The first kappa shape index (κ1) is 45.6. The largest absolute Gasteiger partial charge is 0.460 e. The van der Waals surface area contributed by atoms with Crippen LogP contribution in [0.2, 0.25) is 18.1 Å². The highest BCUT2D eigenvalue weighted by atomic mass is 35.6. The van der Waals surface area contributed by atoms with Crippen LogP contribution in [0.4, 0.5) is 0 Å². The minimum atomic E-state index is -2.32. The van der Waals surface area contributed by atoms with Gasteiger partial charge >= 0.3 is 5.97 Å². The van der Waals surface area contributed by atoms with Gasteiger partial charge in [-0.2, -0.15) is 0 Å². The summed E-state index contributed by atoms with van der Waals surface area (Å²) >= 11 is 17.1. The van der Waals surface area contributed by atoms with E-state index < -0.39 is 78.7 Å². The van der Waals surface area contributed by atoms with E-state index in [0.29, 0.717) is 30.6 Å². The van der Waals surface area contributed by atoms with Gasteiger partial charge in [0.05, 0.1) is 29.3 Å². The van der Waals surface area contributed by atoms with Crippen LogP contribution < -0.4 is 16.1 Å². The summed E-state index contributed by atoms with van der Waals surface area (Å²) in [5.41, 5.74) is 4.92. The number of halogens is 3. The molecule has 1 aromatic heterocycles. The second kappa shape index (κ2) is 18.9. The average molecular weight is 829 g/mol. The molecule has 2 heterocycles. The van der Waals surface area contributed by atoms with Crippen LogP contribution >= 0.6 is 34.8 Å². The number of fused-ring (bicyclic) bond motifs is 1. The van der Waals surface area contributed by atoms with E-state index in [1.807, 2.05) is 37.3 Å². The van der Waals surface area contributed by atoms with Gasteiger partial charge < -0.3 is 24.9 Å². The molecule has 4 N–H and O–H groups in total. The SMILES string of the molecule is CC(C)[C@H](NC(=O)[C@H](/C=C/c1ccc2ccc([C@@H](C)O)nc2c1)[C@H](C)O[Si](C)(C)C(C)(C)C)C(=O)N[C@@H](C)C(=O)N1CCC[C@@H](C(=O)OCC(Cl)(Cl)Cl)N1. The number of nitrogens with zero attached hydrogens (tertiary/aromatic N) is 2. The van der Waals surface area contributed by atoms with Crippen molar-refractivity contribution in [3.8, 4) is 0 Å². The Labute approximate surface area is 335 Å². The Morgan fingerprint density at radius 2 is 1.69 bits per heavy atom. The van der Waals surface area contributed by atoms with Gasteiger partial charge in [-0.25, -0.2) is 5.43 Å². The second-order valence-electron chi connectivity index (χ2n) is 15.8. The summed E-state index contributed by atoms with van der Waals surface area (Å²) in [5.74, 6) is -3.21. The standard InChI is InChI=1S/C38H56Cl3N5O7Si/c1-22(2)32(34(49)42-23(3)35(50)46-19-11-12-30(45-46)36(51)52-21-38(39,40)41)44-33(48)28(25(5)53-54(9,10)37(6,7)8)17-14-26-13-15-27-16-18-29(24(4)47)43-31(27)20-26/h13-18,20,22-25,28,30,32,45,47H,11-12,19,21H2,1-10H3,(H,42,49)(H,44,48)/b17-14+/t23-,24+,25-,28+,30-,32-/m0/s1. The number of amides is 3. The molecule has 0 bridgehead atoms. The van der Waals surface area contributed by atoms with E-state index in [1.165, 1.54) is 11.9 Å². The number of carbonyl (C=O) groups is 4. The van der Waals surface area contributed by atoms with Crippen LogP contribution in [0.5, 0.6) is 0 Å². The fourth-order valence-corrected chi connectivity index (χ4v) is 7.22. The summed E-state index contributed by atoms with van der Waals surface area (Å²) in [6.07, 6.45) is 3.26. The number of aliphatic hydroxyl groups is 1. The van der Waals surface area contributed by atoms with E-state index in [1.54, 1.807) is 32.9 Å². The van der Waals surface area contributed by atoms with E-state index in [0.717, 1.165) is 10.9 Å². The van der Waals surface area contributed by atoms with Crippen molar-refractivity contribution in [1.82, 2.24) is 26.1 Å². The lowest BCUT2D eigenvalue weighted by atomic mass is 9.97. The van der Waals surface area contributed by atoms with Crippen molar-refractivity contribution in [3.63, 3.8) is 0 Å². The topological polar surface area (TPSA) is 159 Å². The molecule has 0 unspecified atom stereocenters. The first-order valence-electron chi connectivity index (χ1n) is 18.3. The smallest absolute Gasteiger partial charge is 0.325 e. The van der Waals surface area contributed by atoms with Crippen LogP contribution in [0.15, 0.2) is 36.4 Å². The normalized spacial score (nSPS) is 18.6. The van der Waals surface area contributed by atoms with Gasteiger partial charge in [-0.1, -0.05) is 99.8 Å². The number of pyridine rings is 1. The Balaban J connectivity index is 1.80. The molecule has 1 fully saturated rings. The van der Waals surface area contributed by atoms with Crippen LogP contribution in [-0.4, -0.2) is 88.3 Å². The highest BCUT2D eigenvalue weighted by Crippen LogP contribution is 2.38. The fraction of sp³-hybridized carbons (Fsp3) is 0.605. The Kier molecular flexibility index (Phi) is 16.0. The molecule has 6 atom stereocenters. The molecule has 16 heteroatoms. The molecule has 1 saturated heterocycles. The number of alkyl halides is 3. The van der Waals surface area contributed by atoms with E-state index in [2.05, 4.69) is 54.9 Å². The summed E-state index contributed by atoms with van der Waals surface area (Å²) in [6.45, 7) is 19.1. The van der Waals surface area contributed by atoms with Gasteiger partial charge in [0.25, 0.3) is 5.91 Å². The van der Waals surface area contributed by atoms with Crippen molar-refractivity contribution < 1.29 is 33.4 Å². The molecule has 1 aliphatic heterocycles. The lowest BCUT2D eigenvalue weighted by Gasteiger charge is -2.40. The molecule has 0 saturated carbocycles. The molecule has 0 radical (unpaired) electrons. The van der Waals surface area contributed by atoms with Gasteiger partial charge in [-0.15, -0.1) is 0 Å². The predicted molar refractivity (Wildman–Crippen MR) is 216 cm³/mol. The first-order chi connectivity index (χ1) is 24.9. The minimum Gasteiger partial charge on any atom is -0.460 e. The van der Waals surface area contributed by atoms with Crippen LogP contribution in [0.3, 0.4) is 0 Å². The third-order valence-corrected chi connectivity index (χ3v) is 14.7. The van der Waals surface area contributed by atoms with Crippen molar-refractivity contribution in [2.24, 2.45) is 11.8 Å². The Hall–Kier alpha value is -2.78. The first-order valence-corrected chi connectivity index (χ1v) is 22.3. The summed E-state index contributed by atoms with van der Waals surface area (Å²) < 4.78 is 9.99. The number of nitrogens with one attached hydrogen (secondary N) is 3. The van der Waals surface area contributed by atoms with Gasteiger partial charge in [0, 0.05) is 11.9 Å². The molecule has 1 aromatic carbocycles. The summed E-state index contributed by atoms with van der Waals surface area (Å²) in [4.78, 5) is 58.4. The molecular weight excluding hydrogens is 773 g/mol. The van der Waals surface area contributed by atoms with Crippen molar-refractivity contribution in [1.29, 1.82) is 0 Å². The number of aliphatic hydroxyl groups excluding tert-OH is 1. The summed E-state index contributed by atoms with van der Waals surface area (Å²) in [6, 6.07) is 6.62. The number of hydrazine groups is 1. The monoisotopic (exact) mass is 827 g/mol. The second-order valence-corrected chi connectivity index (χ2v) is 23.1. The number of rotatable bonds is 14. The van der Waals surface area contributed by atoms with Gasteiger partial charge in [-0.05, 0) is 75.4 Å². The van der Waals surface area contributed by atoms with E-state index in [9.17, 15) is 24.3 Å². The van der Waals surface area contributed by atoms with E-state index in [4.69, 9.17) is 44.0 Å². The quantitative estimate of drug-likeness (QED) is 0.0963. The Morgan fingerprint density at radius 3 is 2.28 bits per heavy atom. The van der Waals surface area contributed by atoms with Crippen molar-refractivity contribution in [2.75, 3.05) is 13.2 Å². The molecule has 300 valence electrons. The van der Waals surface area contributed by atoms with Crippen molar-refractivity contribution in [3.05, 3.63) is 47.7 Å². The zero-order valence-corrected chi connectivity index (χ0v) is 36.1. The third kappa shape index (κ3) is 12.9. The molecule has 3 amide bonds. The Bertz CT molecular complexity index is 1680. The highest BCUT2D eigenvalue weighted by Gasteiger charge is 2.41. The van der Waals surface area contributed by atoms with E-state index >= 15 is 0 Å². The number of ether oxygens (including phenoxy) is 1. The van der Waals surface area contributed by atoms with Crippen LogP contribution in [0.1, 0.15) is 85.6 Å². The fourth-order valence-electron chi connectivity index (χ4n) is 5.62. The zero-order valence-electron chi connectivity index (χ0n) is 32.8. The number of hydrogen-bond donors (Lipinski definition) is 4. The third-order valence-electron chi connectivity index (χ3n) is 9.85. The lowest BCUT2D eigenvalue weighted by Crippen LogP contribution is -2.61. The number of hydrogen-bond acceptors (Lipinski definition) is 9. The zero-order chi connectivity index (χ0) is 40.8. The minimum absolute atomic E-state index is 0.116. The maximum Gasteiger partial charge on any atom is 0.325 e. The molecule has 12 nitrogen and oxygen atoms in total. The average Bonchev–Trinajstić information content (AvgIpc) is 3.07. The maximum atomic E-state index is 14.2.